The molecule has 0 spiro atoms. The molecule has 25 heavy (non-hydrogen) atoms. The maximum atomic E-state index is 12.7. The van der Waals surface area contributed by atoms with Crippen molar-refractivity contribution in [1.82, 2.24) is 19.7 Å². The van der Waals surface area contributed by atoms with E-state index in [1.807, 2.05) is 31.2 Å². The summed E-state index contributed by atoms with van der Waals surface area (Å²) < 4.78 is 1.67. The molecule has 0 radical (unpaired) electrons. The standard InChI is InChI=1S/C18H22N4O3/c1-12(13-5-7-16(8-6-13)22-11-19-10-20-22)21(2)17(23)14-3-4-15(9-14)18(24)25/h5-8,10-12,14-15H,3-4,9H2,1-2H3,(H,24,25)/t12?,14-,15+/m1/s1. The van der Waals surface area contributed by atoms with Crippen molar-refractivity contribution in [2.45, 2.75) is 32.2 Å². The molecule has 1 saturated carbocycles. The van der Waals surface area contributed by atoms with Gasteiger partial charge in [-0.3, -0.25) is 9.59 Å². The minimum atomic E-state index is -0.797. The first-order valence-electron chi connectivity index (χ1n) is 8.42. The van der Waals surface area contributed by atoms with Crippen LogP contribution < -0.4 is 0 Å². The Morgan fingerprint density at radius 1 is 1.24 bits per heavy atom. The van der Waals surface area contributed by atoms with E-state index in [1.165, 1.54) is 6.33 Å². The van der Waals surface area contributed by atoms with Crippen molar-refractivity contribution in [3.05, 3.63) is 42.5 Å². The first kappa shape index (κ1) is 17.1. The highest BCUT2D eigenvalue weighted by Gasteiger charge is 2.36. The molecule has 3 rings (SSSR count). The van der Waals surface area contributed by atoms with E-state index in [0.29, 0.717) is 19.3 Å². The SMILES string of the molecule is CC(c1ccc(-n2cncn2)cc1)N(C)C(=O)[C@@H]1CC[C@H](C(=O)O)C1. The lowest BCUT2D eigenvalue weighted by molar-refractivity contribution is -0.141. The van der Waals surface area contributed by atoms with Crippen LogP contribution in [0.1, 0.15) is 37.8 Å². The Balaban J connectivity index is 1.66. The van der Waals surface area contributed by atoms with Gasteiger partial charge in [-0.25, -0.2) is 9.67 Å². The van der Waals surface area contributed by atoms with Gasteiger partial charge in [0.25, 0.3) is 0 Å². The normalized spacial score (nSPS) is 21.0. The summed E-state index contributed by atoms with van der Waals surface area (Å²) >= 11 is 0. The molecule has 1 aliphatic rings. The second kappa shape index (κ2) is 7.04. The van der Waals surface area contributed by atoms with Crippen LogP contribution in [0.3, 0.4) is 0 Å². The Morgan fingerprint density at radius 3 is 2.48 bits per heavy atom. The molecule has 2 aromatic rings. The molecular formula is C18H22N4O3. The van der Waals surface area contributed by atoms with Crippen molar-refractivity contribution in [2.24, 2.45) is 11.8 Å². The second-order valence-corrected chi connectivity index (χ2v) is 6.60. The highest BCUT2D eigenvalue weighted by atomic mass is 16.4. The van der Waals surface area contributed by atoms with Gasteiger partial charge in [0.2, 0.25) is 5.91 Å². The summed E-state index contributed by atoms with van der Waals surface area (Å²) in [6, 6.07) is 7.74. The molecule has 1 heterocycles. The highest BCUT2D eigenvalue weighted by Crippen LogP contribution is 2.34. The van der Waals surface area contributed by atoms with Gasteiger partial charge in [0, 0.05) is 13.0 Å². The monoisotopic (exact) mass is 342 g/mol. The van der Waals surface area contributed by atoms with Crippen LogP contribution in [-0.2, 0) is 9.59 Å². The third-order valence-electron chi connectivity index (χ3n) is 5.12. The zero-order chi connectivity index (χ0) is 18.0. The lowest BCUT2D eigenvalue weighted by Gasteiger charge is -2.28. The summed E-state index contributed by atoms with van der Waals surface area (Å²) in [4.78, 5) is 29.4. The number of hydrogen-bond donors (Lipinski definition) is 1. The molecule has 1 amide bonds. The zero-order valence-electron chi connectivity index (χ0n) is 14.4. The molecular weight excluding hydrogens is 320 g/mol. The molecule has 1 unspecified atom stereocenters. The average molecular weight is 342 g/mol. The third kappa shape index (κ3) is 3.55. The number of amides is 1. The molecule has 3 atom stereocenters. The molecule has 1 N–H and O–H groups in total. The highest BCUT2D eigenvalue weighted by molar-refractivity contribution is 5.81. The van der Waals surface area contributed by atoms with Crippen LogP contribution >= 0.6 is 0 Å². The van der Waals surface area contributed by atoms with Crippen LogP contribution in [0.25, 0.3) is 5.69 Å². The largest absolute Gasteiger partial charge is 0.481 e. The number of nitrogens with zero attached hydrogens (tertiary/aromatic N) is 4. The van der Waals surface area contributed by atoms with Gasteiger partial charge >= 0.3 is 5.97 Å². The minimum absolute atomic E-state index is 0.0246. The lowest BCUT2D eigenvalue weighted by Crippen LogP contribution is -2.34. The van der Waals surface area contributed by atoms with E-state index in [4.69, 9.17) is 5.11 Å². The topological polar surface area (TPSA) is 88.3 Å². The second-order valence-electron chi connectivity index (χ2n) is 6.60. The summed E-state index contributed by atoms with van der Waals surface area (Å²) in [7, 11) is 1.78. The zero-order valence-corrected chi connectivity index (χ0v) is 14.4. The van der Waals surface area contributed by atoms with Crippen molar-refractivity contribution >= 4 is 11.9 Å². The maximum Gasteiger partial charge on any atom is 0.306 e. The molecule has 7 nitrogen and oxygen atoms in total. The Kier molecular flexibility index (Phi) is 4.83. The van der Waals surface area contributed by atoms with Crippen LogP contribution in [0.2, 0.25) is 0 Å². The smallest absolute Gasteiger partial charge is 0.306 e. The summed E-state index contributed by atoms with van der Waals surface area (Å²) in [5.74, 6) is -1.35. The molecule has 1 aromatic heterocycles. The fourth-order valence-electron chi connectivity index (χ4n) is 3.38. The Labute approximate surface area is 146 Å². The number of benzene rings is 1. The van der Waals surface area contributed by atoms with Gasteiger partial charge in [-0.15, -0.1) is 0 Å². The third-order valence-corrected chi connectivity index (χ3v) is 5.12. The van der Waals surface area contributed by atoms with E-state index in [1.54, 1.807) is 23.0 Å². The minimum Gasteiger partial charge on any atom is -0.481 e. The van der Waals surface area contributed by atoms with Gasteiger partial charge in [-0.1, -0.05) is 12.1 Å². The number of carboxylic acid groups (broad SMARTS) is 1. The first-order valence-corrected chi connectivity index (χ1v) is 8.42. The Hall–Kier alpha value is -2.70. The molecule has 0 aliphatic heterocycles. The molecule has 0 bridgehead atoms. The predicted octanol–water partition coefficient (Wildman–Crippen LogP) is 2.29. The lowest BCUT2D eigenvalue weighted by atomic mass is 10.0. The molecule has 0 saturated heterocycles. The van der Waals surface area contributed by atoms with Crippen LogP contribution in [0, 0.1) is 11.8 Å². The summed E-state index contributed by atoms with van der Waals surface area (Å²) in [5, 5.41) is 13.2. The van der Waals surface area contributed by atoms with Crippen LogP contribution in [0.15, 0.2) is 36.9 Å². The van der Waals surface area contributed by atoms with E-state index < -0.39 is 5.97 Å². The van der Waals surface area contributed by atoms with Crippen LogP contribution in [0.4, 0.5) is 0 Å². The number of aliphatic carboxylic acids is 1. The quantitative estimate of drug-likeness (QED) is 0.900. The van der Waals surface area contributed by atoms with E-state index >= 15 is 0 Å². The fourth-order valence-corrected chi connectivity index (χ4v) is 3.38. The van der Waals surface area contributed by atoms with Crippen molar-refractivity contribution < 1.29 is 14.7 Å². The maximum absolute atomic E-state index is 12.7. The van der Waals surface area contributed by atoms with Gasteiger partial charge < -0.3 is 10.0 Å². The van der Waals surface area contributed by atoms with Gasteiger partial charge in [-0.2, -0.15) is 5.10 Å². The molecule has 7 heteroatoms. The molecule has 1 fully saturated rings. The van der Waals surface area contributed by atoms with Crippen molar-refractivity contribution in [3.63, 3.8) is 0 Å². The van der Waals surface area contributed by atoms with Crippen molar-refractivity contribution in [3.8, 4) is 5.69 Å². The predicted molar refractivity (Wildman–Crippen MR) is 91.0 cm³/mol. The number of carbonyl (C=O) groups is 2. The first-order chi connectivity index (χ1) is 12.0. The summed E-state index contributed by atoms with van der Waals surface area (Å²) in [5.41, 5.74) is 1.93. The van der Waals surface area contributed by atoms with Gasteiger partial charge in [0.15, 0.2) is 0 Å². The number of rotatable bonds is 5. The van der Waals surface area contributed by atoms with Crippen LogP contribution in [0.5, 0.6) is 0 Å². The number of hydrogen-bond acceptors (Lipinski definition) is 4. The van der Waals surface area contributed by atoms with E-state index in [-0.39, 0.29) is 23.8 Å². The van der Waals surface area contributed by atoms with Crippen molar-refractivity contribution in [1.29, 1.82) is 0 Å². The Bertz CT molecular complexity index is 742. The number of carboxylic acids is 1. The Morgan fingerprint density at radius 2 is 1.92 bits per heavy atom. The van der Waals surface area contributed by atoms with E-state index in [0.717, 1.165) is 11.3 Å². The van der Waals surface area contributed by atoms with Crippen LogP contribution in [-0.4, -0.2) is 43.7 Å². The van der Waals surface area contributed by atoms with Crippen molar-refractivity contribution in [2.75, 3.05) is 7.05 Å². The van der Waals surface area contributed by atoms with Gasteiger partial charge in [0.05, 0.1) is 17.6 Å². The van der Waals surface area contributed by atoms with E-state index in [9.17, 15) is 9.59 Å². The number of aromatic nitrogens is 3. The molecule has 1 aromatic carbocycles. The molecule has 132 valence electrons. The number of carbonyl (C=O) groups excluding carboxylic acids is 1. The summed E-state index contributed by atoms with van der Waals surface area (Å²) in [6.07, 6.45) is 4.79. The fraction of sp³-hybridized carbons (Fsp3) is 0.444. The average Bonchev–Trinajstić information content (AvgIpc) is 3.31. The van der Waals surface area contributed by atoms with Gasteiger partial charge in [0.1, 0.15) is 12.7 Å². The van der Waals surface area contributed by atoms with Gasteiger partial charge in [-0.05, 0) is 43.9 Å². The van der Waals surface area contributed by atoms with E-state index in [2.05, 4.69) is 10.1 Å². The molecule has 1 aliphatic carbocycles. The summed E-state index contributed by atoms with van der Waals surface area (Å²) in [6.45, 7) is 1.98.